The Morgan fingerprint density at radius 2 is 0.704 bits per heavy atom. The van der Waals surface area contributed by atoms with Crippen molar-refractivity contribution in [2.75, 3.05) is 9.80 Å². The van der Waals surface area contributed by atoms with Crippen molar-refractivity contribution in [3.8, 4) is 44.5 Å². The summed E-state index contributed by atoms with van der Waals surface area (Å²) in [5, 5.41) is 5.02. The van der Waals surface area contributed by atoms with E-state index < -0.39 is 0 Å². The van der Waals surface area contributed by atoms with Crippen molar-refractivity contribution in [1.82, 2.24) is 0 Å². The van der Waals surface area contributed by atoms with Crippen molar-refractivity contribution in [2.24, 2.45) is 5.92 Å². The predicted molar refractivity (Wildman–Crippen MR) is 302 cm³/mol. The number of hydrogen-bond donors (Lipinski definition) is 0. The minimum Gasteiger partial charge on any atom is -0.310 e. The van der Waals surface area contributed by atoms with Gasteiger partial charge in [-0.2, -0.15) is 0 Å². The Kier molecular flexibility index (Phi) is 11.7. The summed E-state index contributed by atoms with van der Waals surface area (Å²) in [6.45, 7) is 2.35. The van der Waals surface area contributed by atoms with E-state index in [1.165, 1.54) is 60.5 Å². The predicted octanol–water partition coefficient (Wildman–Crippen LogP) is 19.1. The molecule has 2 unspecified atom stereocenters. The number of para-hydroxylation sites is 2. The summed E-state index contributed by atoms with van der Waals surface area (Å²) < 4.78 is 0. The van der Waals surface area contributed by atoms with Crippen LogP contribution in [0.3, 0.4) is 0 Å². The van der Waals surface area contributed by atoms with Gasteiger partial charge in [0.15, 0.2) is 0 Å². The molecule has 2 atom stereocenters. The van der Waals surface area contributed by atoms with E-state index in [-0.39, 0.29) is 11.8 Å². The molecule has 0 aromatic heterocycles. The number of anilines is 5. The Morgan fingerprint density at radius 1 is 0.310 bits per heavy atom. The molecule has 0 radical (unpaired) electrons. The lowest BCUT2D eigenvalue weighted by Crippen LogP contribution is -2.21. The third-order valence-corrected chi connectivity index (χ3v) is 14.1. The van der Waals surface area contributed by atoms with Crippen LogP contribution in [-0.2, 0) is 0 Å². The molecule has 0 N–H and O–H groups in total. The van der Waals surface area contributed by atoms with Crippen LogP contribution in [0.4, 0.5) is 28.4 Å². The molecule has 0 saturated heterocycles. The Labute approximate surface area is 417 Å². The lowest BCUT2D eigenvalue weighted by atomic mass is 9.82. The number of rotatable bonds is 11. The summed E-state index contributed by atoms with van der Waals surface area (Å²) in [6, 6.07) is 97.1. The van der Waals surface area contributed by atoms with Gasteiger partial charge in [0.1, 0.15) is 0 Å². The van der Waals surface area contributed by atoms with Crippen LogP contribution in [0, 0.1) is 5.92 Å². The number of hydrogen-bond acceptors (Lipinski definition) is 2. The smallest absolute Gasteiger partial charge is 0.0540 e. The topological polar surface area (TPSA) is 6.48 Å². The van der Waals surface area contributed by atoms with Crippen LogP contribution in [0.15, 0.2) is 291 Å². The highest BCUT2D eigenvalue weighted by molar-refractivity contribution is 5.95. The molecular formula is C69H52N2. The molecule has 0 fully saturated rings. The van der Waals surface area contributed by atoms with Crippen molar-refractivity contribution in [3.05, 3.63) is 296 Å². The van der Waals surface area contributed by atoms with Gasteiger partial charge in [-0.1, -0.05) is 231 Å². The molecule has 12 rings (SSSR count). The SMILES string of the molecule is CC1C=C(N(c2ccc(-c3ccccc3)cc2)c2ccccc2-c2ccccc2N(c2ccc(-c3ccccc3)cc2)c2ccc(-c3ccc4ccccc4c3)cc2)C=CC1c1ccc2ccccc2c1. The Hall–Kier alpha value is -8.98. The third kappa shape index (κ3) is 8.73. The molecule has 2 heteroatoms. The van der Waals surface area contributed by atoms with Gasteiger partial charge in [-0.3, -0.25) is 0 Å². The fourth-order valence-corrected chi connectivity index (χ4v) is 10.5. The van der Waals surface area contributed by atoms with Crippen LogP contribution in [0.2, 0.25) is 0 Å². The monoisotopic (exact) mass is 908 g/mol. The molecule has 0 heterocycles. The van der Waals surface area contributed by atoms with Gasteiger partial charge in [-0.25, -0.2) is 0 Å². The average Bonchev–Trinajstić information content (AvgIpc) is 3.44. The summed E-state index contributed by atoms with van der Waals surface area (Å²) in [6.07, 6.45) is 7.21. The largest absolute Gasteiger partial charge is 0.310 e. The normalized spacial score (nSPS) is 14.3. The van der Waals surface area contributed by atoms with E-state index in [9.17, 15) is 0 Å². The minimum atomic E-state index is 0.244. The second-order valence-corrected chi connectivity index (χ2v) is 18.6. The van der Waals surface area contributed by atoms with Gasteiger partial charge in [-0.15, -0.1) is 0 Å². The molecule has 0 aliphatic heterocycles. The number of benzene rings is 11. The van der Waals surface area contributed by atoms with E-state index in [4.69, 9.17) is 0 Å². The molecule has 0 bridgehead atoms. The fraction of sp³-hybridized carbons (Fsp3) is 0.0435. The fourth-order valence-electron chi connectivity index (χ4n) is 10.5. The first kappa shape index (κ1) is 43.3. The van der Waals surface area contributed by atoms with E-state index in [2.05, 4.69) is 302 Å². The lowest BCUT2D eigenvalue weighted by Gasteiger charge is -2.34. The van der Waals surface area contributed by atoms with E-state index in [0.29, 0.717) is 0 Å². The maximum absolute atomic E-state index is 2.46. The van der Waals surface area contributed by atoms with Crippen LogP contribution in [0.5, 0.6) is 0 Å². The van der Waals surface area contributed by atoms with Gasteiger partial charge < -0.3 is 9.80 Å². The van der Waals surface area contributed by atoms with Crippen molar-refractivity contribution in [1.29, 1.82) is 0 Å². The quantitative estimate of drug-likeness (QED) is 0.128. The van der Waals surface area contributed by atoms with E-state index in [0.717, 1.165) is 45.3 Å². The highest BCUT2D eigenvalue weighted by Crippen LogP contribution is 2.47. The second kappa shape index (κ2) is 19.2. The molecule has 1 aliphatic carbocycles. The lowest BCUT2D eigenvalue weighted by molar-refractivity contribution is 0.629. The van der Waals surface area contributed by atoms with Crippen molar-refractivity contribution in [2.45, 2.75) is 12.8 Å². The van der Waals surface area contributed by atoms with Gasteiger partial charge in [0.05, 0.1) is 11.4 Å². The van der Waals surface area contributed by atoms with Gasteiger partial charge in [0.25, 0.3) is 0 Å². The van der Waals surface area contributed by atoms with Gasteiger partial charge in [-0.05, 0) is 127 Å². The second-order valence-electron chi connectivity index (χ2n) is 18.6. The van der Waals surface area contributed by atoms with Crippen LogP contribution < -0.4 is 9.80 Å². The van der Waals surface area contributed by atoms with Crippen LogP contribution in [0.1, 0.15) is 18.4 Å². The Balaban J connectivity index is 0.979. The molecule has 0 spiro atoms. The van der Waals surface area contributed by atoms with E-state index in [1.807, 2.05) is 0 Å². The highest BCUT2D eigenvalue weighted by Gasteiger charge is 2.26. The molecule has 11 aromatic rings. The summed E-state index contributed by atoms with van der Waals surface area (Å²) in [4.78, 5) is 4.88. The van der Waals surface area contributed by atoms with E-state index in [1.54, 1.807) is 0 Å². The molecule has 0 amide bonds. The summed E-state index contributed by atoms with van der Waals surface area (Å²) in [5.41, 5.74) is 17.3. The number of nitrogens with zero attached hydrogens (tertiary/aromatic N) is 2. The standard InChI is InChI=1S/C69H52N2/c1-49-46-64(44-45-65(49)60-31-29-53-21-9-11-23-58(53)48-60)71(63-40-34-55(35-41-63)51-18-6-3-7-19-51)69-27-15-13-25-67(69)66-24-12-14-26-68(66)70(61-38-32-54(33-39-61)50-16-4-2-5-17-50)62-42-36-56(37-43-62)59-30-28-52-20-8-10-22-57(52)47-59/h2-49,65H,1H3. The molecule has 71 heavy (non-hydrogen) atoms. The zero-order chi connectivity index (χ0) is 47.5. The van der Waals surface area contributed by atoms with Gasteiger partial charge >= 0.3 is 0 Å². The average molecular weight is 909 g/mol. The van der Waals surface area contributed by atoms with Crippen molar-refractivity contribution >= 4 is 50.0 Å². The van der Waals surface area contributed by atoms with E-state index >= 15 is 0 Å². The molecule has 1 aliphatic rings. The number of fused-ring (bicyclic) bond motifs is 2. The molecule has 2 nitrogen and oxygen atoms in total. The first-order chi connectivity index (χ1) is 35.1. The summed E-state index contributed by atoms with van der Waals surface area (Å²) in [7, 11) is 0. The zero-order valence-corrected chi connectivity index (χ0v) is 39.7. The molecule has 338 valence electrons. The van der Waals surface area contributed by atoms with Gasteiger partial charge in [0.2, 0.25) is 0 Å². The maximum Gasteiger partial charge on any atom is 0.0540 e. The summed E-state index contributed by atoms with van der Waals surface area (Å²) >= 11 is 0. The van der Waals surface area contributed by atoms with Crippen LogP contribution >= 0.6 is 0 Å². The van der Waals surface area contributed by atoms with Gasteiger partial charge in [0, 0.05) is 39.8 Å². The summed E-state index contributed by atoms with van der Waals surface area (Å²) in [5.74, 6) is 0.490. The molecular weight excluding hydrogens is 857 g/mol. The Bertz CT molecular complexity index is 3700. The molecule has 11 aromatic carbocycles. The van der Waals surface area contributed by atoms with Crippen LogP contribution in [-0.4, -0.2) is 0 Å². The maximum atomic E-state index is 2.46. The van der Waals surface area contributed by atoms with Crippen molar-refractivity contribution < 1.29 is 0 Å². The zero-order valence-electron chi connectivity index (χ0n) is 39.7. The van der Waals surface area contributed by atoms with Crippen molar-refractivity contribution in [3.63, 3.8) is 0 Å². The van der Waals surface area contributed by atoms with Crippen LogP contribution in [0.25, 0.3) is 66.1 Å². The first-order valence-electron chi connectivity index (χ1n) is 24.7. The molecule has 0 saturated carbocycles. The third-order valence-electron chi connectivity index (χ3n) is 14.1. The number of allylic oxidation sites excluding steroid dienone is 3. The minimum absolute atomic E-state index is 0.244. The Morgan fingerprint density at radius 3 is 1.24 bits per heavy atom. The highest BCUT2D eigenvalue weighted by atomic mass is 15.2. The first-order valence-corrected chi connectivity index (χ1v) is 24.7.